The molecule has 2 aromatic rings. The van der Waals surface area contributed by atoms with Crippen LogP contribution in [0.5, 0.6) is 11.5 Å². The average Bonchev–Trinajstić information content (AvgIpc) is 2.34. The van der Waals surface area contributed by atoms with E-state index in [4.69, 9.17) is 10.5 Å². The molecule has 0 unspecified atom stereocenters. The van der Waals surface area contributed by atoms with Crippen molar-refractivity contribution in [2.24, 2.45) is 5.73 Å². The molecule has 1 amide bonds. The van der Waals surface area contributed by atoms with Crippen molar-refractivity contribution < 1.29 is 9.53 Å². The third-order valence-electron chi connectivity index (χ3n) is 2.27. The quantitative estimate of drug-likeness (QED) is 0.769. The topological polar surface area (TPSA) is 52.3 Å². The third-order valence-corrected chi connectivity index (χ3v) is 3.78. The predicted octanol–water partition coefficient (Wildman–Crippen LogP) is 3.94. The molecular weight excluding hydrogens is 409 g/mol. The SMILES string of the molecule is NC(=O)c1ccc(Oc2ccccc2I)c(Br)c1. The minimum atomic E-state index is -0.462. The normalized spacial score (nSPS) is 10.1. The molecule has 2 rings (SSSR count). The van der Waals surface area contributed by atoms with Gasteiger partial charge in [-0.15, -0.1) is 0 Å². The Morgan fingerprint density at radius 1 is 1.17 bits per heavy atom. The second-order valence-corrected chi connectivity index (χ2v) is 5.56. The fourth-order valence-electron chi connectivity index (χ4n) is 1.38. The summed E-state index contributed by atoms with van der Waals surface area (Å²) in [7, 11) is 0. The van der Waals surface area contributed by atoms with Crippen LogP contribution in [0.15, 0.2) is 46.9 Å². The van der Waals surface area contributed by atoms with Crippen LogP contribution >= 0.6 is 38.5 Å². The minimum absolute atomic E-state index is 0.442. The maximum Gasteiger partial charge on any atom is 0.248 e. The van der Waals surface area contributed by atoms with Gasteiger partial charge in [-0.05, 0) is 68.9 Å². The molecule has 0 fully saturated rings. The molecule has 0 saturated heterocycles. The van der Waals surface area contributed by atoms with Crippen LogP contribution in [0.25, 0.3) is 0 Å². The van der Waals surface area contributed by atoms with Crippen molar-refractivity contribution in [2.75, 3.05) is 0 Å². The molecule has 0 atom stereocenters. The van der Waals surface area contributed by atoms with E-state index < -0.39 is 5.91 Å². The highest BCUT2D eigenvalue weighted by Crippen LogP contribution is 2.32. The van der Waals surface area contributed by atoms with Gasteiger partial charge < -0.3 is 10.5 Å². The molecule has 0 aliphatic carbocycles. The molecule has 0 radical (unpaired) electrons. The van der Waals surface area contributed by atoms with E-state index in [2.05, 4.69) is 38.5 Å². The third kappa shape index (κ3) is 3.02. The minimum Gasteiger partial charge on any atom is -0.455 e. The molecule has 0 bridgehead atoms. The van der Waals surface area contributed by atoms with Crippen LogP contribution in [0.2, 0.25) is 0 Å². The number of hydrogen-bond donors (Lipinski definition) is 1. The monoisotopic (exact) mass is 417 g/mol. The van der Waals surface area contributed by atoms with Crippen molar-refractivity contribution in [2.45, 2.75) is 0 Å². The lowest BCUT2D eigenvalue weighted by atomic mass is 10.2. The van der Waals surface area contributed by atoms with Gasteiger partial charge in [0, 0.05) is 5.56 Å². The first-order valence-electron chi connectivity index (χ1n) is 5.09. The van der Waals surface area contributed by atoms with Gasteiger partial charge in [-0.3, -0.25) is 4.79 Å². The Balaban J connectivity index is 2.30. The number of hydrogen-bond acceptors (Lipinski definition) is 2. The van der Waals surface area contributed by atoms with Crippen LogP contribution in [0.4, 0.5) is 0 Å². The molecule has 5 heteroatoms. The van der Waals surface area contributed by atoms with Crippen molar-refractivity contribution in [3.63, 3.8) is 0 Å². The van der Waals surface area contributed by atoms with Crippen molar-refractivity contribution in [1.29, 1.82) is 0 Å². The molecule has 0 spiro atoms. The van der Waals surface area contributed by atoms with Crippen LogP contribution < -0.4 is 10.5 Å². The number of halogens is 2. The highest BCUT2D eigenvalue weighted by atomic mass is 127. The van der Waals surface area contributed by atoms with E-state index in [-0.39, 0.29) is 0 Å². The highest BCUT2D eigenvalue weighted by molar-refractivity contribution is 14.1. The van der Waals surface area contributed by atoms with Gasteiger partial charge in [0.15, 0.2) is 0 Å². The van der Waals surface area contributed by atoms with E-state index in [1.165, 1.54) is 0 Å². The van der Waals surface area contributed by atoms with Crippen molar-refractivity contribution in [1.82, 2.24) is 0 Å². The summed E-state index contributed by atoms with van der Waals surface area (Å²) >= 11 is 5.56. The number of carbonyl (C=O) groups is 1. The van der Waals surface area contributed by atoms with Gasteiger partial charge >= 0.3 is 0 Å². The summed E-state index contributed by atoms with van der Waals surface area (Å²) in [5.41, 5.74) is 5.65. The smallest absolute Gasteiger partial charge is 0.248 e. The Labute approximate surface area is 127 Å². The summed E-state index contributed by atoms with van der Waals surface area (Å²) in [4.78, 5) is 11.0. The van der Waals surface area contributed by atoms with Gasteiger partial charge in [0.05, 0.1) is 8.04 Å². The molecule has 18 heavy (non-hydrogen) atoms. The average molecular weight is 418 g/mol. The number of para-hydroxylation sites is 1. The lowest BCUT2D eigenvalue weighted by molar-refractivity contribution is 0.1000. The summed E-state index contributed by atoms with van der Waals surface area (Å²) in [6.07, 6.45) is 0. The van der Waals surface area contributed by atoms with Crippen LogP contribution in [-0.2, 0) is 0 Å². The number of benzene rings is 2. The van der Waals surface area contributed by atoms with E-state index in [0.717, 1.165) is 9.32 Å². The van der Waals surface area contributed by atoms with Gasteiger partial charge in [0.25, 0.3) is 0 Å². The predicted molar refractivity (Wildman–Crippen MR) is 81.9 cm³/mol. The van der Waals surface area contributed by atoms with E-state index in [0.29, 0.717) is 15.8 Å². The number of primary amides is 1. The molecule has 2 N–H and O–H groups in total. The highest BCUT2D eigenvalue weighted by Gasteiger charge is 2.08. The van der Waals surface area contributed by atoms with Crippen LogP contribution in [-0.4, -0.2) is 5.91 Å². The van der Waals surface area contributed by atoms with E-state index in [1.807, 2.05) is 24.3 Å². The Hall–Kier alpha value is -1.08. The van der Waals surface area contributed by atoms with Crippen molar-refractivity contribution in [3.05, 3.63) is 56.1 Å². The number of amides is 1. The fourth-order valence-corrected chi connectivity index (χ4v) is 2.34. The van der Waals surface area contributed by atoms with Gasteiger partial charge in [-0.2, -0.15) is 0 Å². The summed E-state index contributed by atoms with van der Waals surface area (Å²) in [5.74, 6) is 0.950. The van der Waals surface area contributed by atoms with Crippen molar-refractivity contribution >= 4 is 44.4 Å². The standard InChI is InChI=1S/C13H9BrINO2/c14-9-7-8(13(16)17)5-6-11(9)18-12-4-2-1-3-10(12)15/h1-7H,(H2,16,17). The molecule has 0 aliphatic heterocycles. The second-order valence-electron chi connectivity index (χ2n) is 3.54. The number of rotatable bonds is 3. The first-order chi connectivity index (χ1) is 8.58. The van der Waals surface area contributed by atoms with Gasteiger partial charge in [-0.1, -0.05) is 12.1 Å². The first kappa shape index (κ1) is 13.4. The summed E-state index contributed by atoms with van der Waals surface area (Å²) in [5, 5.41) is 0. The number of carbonyl (C=O) groups excluding carboxylic acids is 1. The van der Waals surface area contributed by atoms with E-state index >= 15 is 0 Å². The largest absolute Gasteiger partial charge is 0.455 e. The maximum absolute atomic E-state index is 11.0. The molecule has 0 aliphatic rings. The van der Waals surface area contributed by atoms with E-state index in [1.54, 1.807) is 18.2 Å². The zero-order valence-electron chi connectivity index (χ0n) is 9.19. The Kier molecular flexibility index (Phi) is 4.23. The number of nitrogens with two attached hydrogens (primary N) is 1. The summed E-state index contributed by atoms with van der Waals surface area (Å²) < 4.78 is 7.48. The molecule has 0 saturated carbocycles. The molecule has 0 heterocycles. The zero-order chi connectivity index (χ0) is 13.1. The van der Waals surface area contributed by atoms with Gasteiger partial charge in [-0.25, -0.2) is 0 Å². The molecule has 3 nitrogen and oxygen atoms in total. The van der Waals surface area contributed by atoms with Crippen LogP contribution in [0.1, 0.15) is 10.4 Å². The zero-order valence-corrected chi connectivity index (χ0v) is 12.9. The van der Waals surface area contributed by atoms with Crippen LogP contribution in [0, 0.1) is 3.57 Å². The second kappa shape index (κ2) is 5.71. The molecule has 0 aromatic heterocycles. The number of ether oxygens (including phenoxy) is 1. The fraction of sp³-hybridized carbons (Fsp3) is 0. The van der Waals surface area contributed by atoms with E-state index in [9.17, 15) is 4.79 Å². The lowest BCUT2D eigenvalue weighted by Crippen LogP contribution is -2.10. The lowest BCUT2D eigenvalue weighted by Gasteiger charge is -2.09. The molecule has 2 aromatic carbocycles. The Morgan fingerprint density at radius 3 is 2.50 bits per heavy atom. The Morgan fingerprint density at radius 2 is 1.89 bits per heavy atom. The maximum atomic E-state index is 11.0. The first-order valence-corrected chi connectivity index (χ1v) is 6.97. The van der Waals surface area contributed by atoms with Gasteiger partial charge in [0.2, 0.25) is 5.91 Å². The van der Waals surface area contributed by atoms with Crippen molar-refractivity contribution in [3.8, 4) is 11.5 Å². The molecule has 92 valence electrons. The Bertz CT molecular complexity index is 601. The molecular formula is C13H9BrINO2. The van der Waals surface area contributed by atoms with Gasteiger partial charge in [0.1, 0.15) is 11.5 Å². The summed E-state index contributed by atoms with van der Waals surface area (Å²) in [6.45, 7) is 0. The van der Waals surface area contributed by atoms with Crippen LogP contribution in [0.3, 0.4) is 0 Å². The summed E-state index contributed by atoms with van der Waals surface area (Å²) in [6, 6.07) is 12.7.